The van der Waals surface area contributed by atoms with Crippen molar-refractivity contribution in [3.63, 3.8) is 0 Å². The van der Waals surface area contributed by atoms with Crippen molar-refractivity contribution in [2.75, 3.05) is 11.1 Å². The van der Waals surface area contributed by atoms with Gasteiger partial charge in [-0.15, -0.1) is 10.2 Å². The Morgan fingerprint density at radius 2 is 1.77 bits per heavy atom. The standard InChI is InChI=1S/C18H14FN5OS/c1-11(25)20-15-8-4-12(5-9-15)16-10-26-18-22-21-17(24(18)23-16)13-2-6-14(19)7-3-13/h2-9H,10H2,1H3,(H,20,25). The number of anilines is 1. The Hall–Kier alpha value is -3.00. The lowest BCUT2D eigenvalue weighted by atomic mass is 10.1. The smallest absolute Gasteiger partial charge is 0.221 e. The van der Waals surface area contributed by atoms with Gasteiger partial charge in [-0.2, -0.15) is 9.78 Å². The van der Waals surface area contributed by atoms with Gasteiger partial charge in [0.25, 0.3) is 0 Å². The van der Waals surface area contributed by atoms with Gasteiger partial charge in [-0.1, -0.05) is 23.9 Å². The van der Waals surface area contributed by atoms with Crippen LogP contribution in [-0.4, -0.2) is 32.2 Å². The van der Waals surface area contributed by atoms with Crippen LogP contribution in [0.3, 0.4) is 0 Å². The number of aromatic nitrogens is 3. The molecule has 0 spiro atoms. The van der Waals surface area contributed by atoms with Crippen molar-refractivity contribution in [2.24, 2.45) is 5.10 Å². The number of hydrogen-bond acceptors (Lipinski definition) is 5. The predicted molar refractivity (Wildman–Crippen MR) is 98.8 cm³/mol. The summed E-state index contributed by atoms with van der Waals surface area (Å²) in [5.74, 6) is 0.826. The Morgan fingerprint density at radius 1 is 1.08 bits per heavy atom. The SMILES string of the molecule is CC(=O)Nc1ccc(C2=Nn3c(nnc3-c3ccc(F)cc3)SC2)cc1. The van der Waals surface area contributed by atoms with Crippen molar-refractivity contribution >= 4 is 29.1 Å². The molecule has 0 saturated carbocycles. The van der Waals surface area contributed by atoms with Gasteiger partial charge in [0.15, 0.2) is 5.82 Å². The zero-order valence-corrected chi connectivity index (χ0v) is 14.6. The highest BCUT2D eigenvalue weighted by Gasteiger charge is 2.20. The molecular weight excluding hydrogens is 353 g/mol. The maximum atomic E-state index is 13.2. The van der Waals surface area contributed by atoms with Crippen molar-refractivity contribution in [3.05, 3.63) is 59.9 Å². The van der Waals surface area contributed by atoms with E-state index < -0.39 is 0 Å². The van der Waals surface area contributed by atoms with E-state index in [1.807, 2.05) is 24.3 Å². The summed E-state index contributed by atoms with van der Waals surface area (Å²) in [5, 5.41) is 16.5. The summed E-state index contributed by atoms with van der Waals surface area (Å²) < 4.78 is 14.8. The van der Waals surface area contributed by atoms with Gasteiger partial charge >= 0.3 is 0 Å². The van der Waals surface area contributed by atoms with E-state index in [2.05, 4.69) is 20.6 Å². The molecule has 26 heavy (non-hydrogen) atoms. The van der Waals surface area contributed by atoms with E-state index in [0.717, 1.165) is 22.5 Å². The molecule has 2 aromatic carbocycles. The molecule has 1 aliphatic heterocycles. The van der Waals surface area contributed by atoms with Gasteiger partial charge in [-0.05, 0) is 42.0 Å². The highest BCUT2D eigenvalue weighted by atomic mass is 32.2. The molecule has 1 amide bonds. The van der Waals surface area contributed by atoms with Crippen LogP contribution in [0, 0.1) is 5.82 Å². The fourth-order valence-electron chi connectivity index (χ4n) is 2.60. The molecule has 8 heteroatoms. The molecule has 1 aliphatic rings. The van der Waals surface area contributed by atoms with Crippen LogP contribution >= 0.6 is 11.8 Å². The van der Waals surface area contributed by atoms with E-state index in [1.165, 1.54) is 30.8 Å². The largest absolute Gasteiger partial charge is 0.326 e. The van der Waals surface area contributed by atoms with Gasteiger partial charge in [-0.3, -0.25) is 4.79 Å². The van der Waals surface area contributed by atoms with E-state index >= 15 is 0 Å². The lowest BCUT2D eigenvalue weighted by molar-refractivity contribution is -0.114. The minimum Gasteiger partial charge on any atom is -0.326 e. The molecule has 4 rings (SSSR count). The second kappa shape index (κ2) is 6.72. The zero-order valence-electron chi connectivity index (χ0n) is 13.8. The summed E-state index contributed by atoms with van der Waals surface area (Å²) in [6, 6.07) is 13.6. The Bertz CT molecular complexity index is 995. The normalized spacial score (nSPS) is 13.1. The Balaban J connectivity index is 1.67. The van der Waals surface area contributed by atoms with E-state index in [0.29, 0.717) is 16.7 Å². The zero-order chi connectivity index (χ0) is 18.1. The number of halogens is 1. The third-order valence-corrected chi connectivity index (χ3v) is 4.74. The average Bonchev–Trinajstić information content (AvgIpc) is 3.06. The molecule has 0 fully saturated rings. The van der Waals surface area contributed by atoms with Gasteiger partial charge < -0.3 is 5.32 Å². The van der Waals surface area contributed by atoms with Crippen LogP contribution < -0.4 is 5.32 Å². The van der Waals surface area contributed by atoms with Gasteiger partial charge in [0.05, 0.1) is 5.71 Å². The van der Waals surface area contributed by atoms with Crippen LogP contribution in [0.15, 0.2) is 58.8 Å². The van der Waals surface area contributed by atoms with E-state index in [9.17, 15) is 9.18 Å². The van der Waals surface area contributed by atoms with Crippen LogP contribution in [0.4, 0.5) is 10.1 Å². The number of amides is 1. The molecule has 6 nitrogen and oxygen atoms in total. The molecule has 0 aliphatic carbocycles. The number of nitrogens with one attached hydrogen (secondary N) is 1. The number of benzene rings is 2. The van der Waals surface area contributed by atoms with Gasteiger partial charge in [0, 0.05) is 23.9 Å². The molecule has 0 atom stereocenters. The molecule has 0 unspecified atom stereocenters. The molecule has 3 aromatic rings. The Morgan fingerprint density at radius 3 is 2.46 bits per heavy atom. The summed E-state index contributed by atoms with van der Waals surface area (Å²) in [5.41, 5.74) is 3.31. The van der Waals surface area contributed by atoms with Crippen LogP contribution in [-0.2, 0) is 4.79 Å². The second-order valence-corrected chi connectivity index (χ2v) is 6.66. The number of hydrogen-bond donors (Lipinski definition) is 1. The fourth-order valence-corrected chi connectivity index (χ4v) is 3.44. The van der Waals surface area contributed by atoms with Crippen molar-refractivity contribution in [2.45, 2.75) is 12.1 Å². The first-order valence-electron chi connectivity index (χ1n) is 7.90. The molecule has 1 aromatic heterocycles. The first-order valence-corrected chi connectivity index (χ1v) is 8.89. The van der Waals surface area contributed by atoms with Crippen LogP contribution in [0.25, 0.3) is 11.4 Å². The second-order valence-electron chi connectivity index (χ2n) is 5.72. The molecule has 130 valence electrons. The van der Waals surface area contributed by atoms with Crippen molar-refractivity contribution in [1.29, 1.82) is 0 Å². The van der Waals surface area contributed by atoms with Crippen LogP contribution in [0.5, 0.6) is 0 Å². The minimum atomic E-state index is -0.301. The fraction of sp³-hybridized carbons (Fsp3) is 0.111. The average molecular weight is 367 g/mol. The highest BCUT2D eigenvalue weighted by molar-refractivity contribution is 7.99. The quantitative estimate of drug-likeness (QED) is 0.770. The maximum absolute atomic E-state index is 13.2. The number of nitrogens with zero attached hydrogens (tertiary/aromatic N) is 4. The number of fused-ring (bicyclic) bond motifs is 1. The van der Waals surface area contributed by atoms with Gasteiger partial charge in [0.1, 0.15) is 5.82 Å². The Labute approximate surface area is 153 Å². The number of carbonyl (C=O) groups is 1. The summed E-state index contributed by atoms with van der Waals surface area (Å²) >= 11 is 1.54. The monoisotopic (exact) mass is 367 g/mol. The van der Waals surface area contributed by atoms with E-state index in [-0.39, 0.29) is 11.7 Å². The molecule has 0 radical (unpaired) electrons. The van der Waals surface area contributed by atoms with Crippen LogP contribution in [0.2, 0.25) is 0 Å². The number of rotatable bonds is 3. The summed E-state index contributed by atoms with van der Waals surface area (Å²) in [6.45, 7) is 1.47. The Kier molecular flexibility index (Phi) is 4.26. The number of carbonyl (C=O) groups excluding carboxylic acids is 1. The van der Waals surface area contributed by atoms with Crippen LogP contribution in [0.1, 0.15) is 12.5 Å². The third-order valence-electron chi connectivity index (χ3n) is 3.81. The molecule has 2 heterocycles. The lowest BCUT2D eigenvalue weighted by Gasteiger charge is -2.14. The van der Waals surface area contributed by atoms with E-state index in [4.69, 9.17) is 0 Å². The van der Waals surface area contributed by atoms with Crippen molar-refractivity contribution in [1.82, 2.24) is 14.9 Å². The minimum absolute atomic E-state index is 0.110. The van der Waals surface area contributed by atoms with Gasteiger partial charge in [0.2, 0.25) is 11.1 Å². The first kappa shape index (κ1) is 16.5. The molecule has 1 N–H and O–H groups in total. The van der Waals surface area contributed by atoms with Crippen molar-refractivity contribution < 1.29 is 9.18 Å². The summed E-state index contributed by atoms with van der Waals surface area (Å²) in [6.07, 6.45) is 0. The molecule has 0 bridgehead atoms. The van der Waals surface area contributed by atoms with Crippen molar-refractivity contribution in [3.8, 4) is 11.4 Å². The summed E-state index contributed by atoms with van der Waals surface area (Å²) in [4.78, 5) is 11.1. The summed E-state index contributed by atoms with van der Waals surface area (Å²) in [7, 11) is 0. The predicted octanol–water partition coefficient (Wildman–Crippen LogP) is 3.40. The third kappa shape index (κ3) is 3.23. The lowest BCUT2D eigenvalue weighted by Crippen LogP contribution is -2.14. The molecular formula is C18H14FN5OS. The van der Waals surface area contributed by atoms with E-state index in [1.54, 1.807) is 16.8 Å². The topological polar surface area (TPSA) is 72.2 Å². The molecule has 0 saturated heterocycles. The number of thioether (sulfide) groups is 1. The maximum Gasteiger partial charge on any atom is 0.221 e. The van der Waals surface area contributed by atoms with Gasteiger partial charge in [-0.25, -0.2) is 4.39 Å². The highest BCUT2D eigenvalue weighted by Crippen LogP contribution is 2.28. The first-order chi connectivity index (χ1) is 12.6.